The van der Waals surface area contributed by atoms with Gasteiger partial charge in [-0.3, -0.25) is 9.71 Å². The van der Waals surface area contributed by atoms with E-state index in [4.69, 9.17) is 0 Å². The van der Waals surface area contributed by atoms with Crippen molar-refractivity contribution in [1.82, 2.24) is 14.8 Å². The smallest absolute Gasteiger partial charge is 0.280 e. The molecule has 0 aliphatic rings. The quantitative estimate of drug-likeness (QED) is 0.400. The summed E-state index contributed by atoms with van der Waals surface area (Å²) >= 11 is 0. The van der Waals surface area contributed by atoms with Crippen LogP contribution in [0.2, 0.25) is 0 Å². The largest absolute Gasteiger partial charge is 0.435 e. The van der Waals surface area contributed by atoms with Crippen molar-refractivity contribution in [1.29, 1.82) is 0 Å². The van der Waals surface area contributed by atoms with E-state index in [1.54, 1.807) is 18.2 Å². The summed E-state index contributed by atoms with van der Waals surface area (Å²) in [7, 11) is -4.13. The Hall–Kier alpha value is -3.61. The number of pyridine rings is 1. The highest BCUT2D eigenvalue weighted by Crippen LogP contribution is 2.36. The van der Waals surface area contributed by atoms with Gasteiger partial charge in [0.05, 0.1) is 11.2 Å². The van der Waals surface area contributed by atoms with Gasteiger partial charge in [0.15, 0.2) is 5.69 Å². The van der Waals surface area contributed by atoms with E-state index in [1.807, 2.05) is 0 Å². The topological polar surface area (TPSA) is 76.9 Å². The summed E-state index contributed by atoms with van der Waals surface area (Å²) in [5.74, 6) is 0. The van der Waals surface area contributed by atoms with Gasteiger partial charge in [-0.05, 0) is 36.4 Å². The Labute approximate surface area is 182 Å². The zero-order valence-corrected chi connectivity index (χ0v) is 17.0. The molecule has 172 valence electrons. The van der Waals surface area contributed by atoms with E-state index in [9.17, 15) is 34.8 Å². The van der Waals surface area contributed by atoms with Gasteiger partial charge in [0.25, 0.3) is 10.0 Å². The van der Waals surface area contributed by atoms with Crippen molar-refractivity contribution in [3.63, 3.8) is 0 Å². The van der Waals surface area contributed by atoms with E-state index in [0.29, 0.717) is 5.39 Å². The number of hydrogen-bond acceptors (Lipinski definition) is 4. The first kappa shape index (κ1) is 22.6. The lowest BCUT2D eigenvalue weighted by Crippen LogP contribution is -2.15. The number of para-hydroxylation sites is 1. The number of anilines is 1. The van der Waals surface area contributed by atoms with Gasteiger partial charge in [0, 0.05) is 23.3 Å². The SMILES string of the molecule is O=S(=O)(Nc1ccc(-n2nc(C(F)(F)F)cc2C(F)(F)F)cc1)c1cccc2cccnc12. The highest BCUT2D eigenvalue weighted by Gasteiger charge is 2.42. The maximum absolute atomic E-state index is 13.2. The Kier molecular flexibility index (Phi) is 5.31. The average molecular weight is 486 g/mol. The third kappa shape index (κ3) is 4.49. The number of sulfonamides is 1. The lowest BCUT2D eigenvalue weighted by atomic mass is 10.2. The van der Waals surface area contributed by atoms with Gasteiger partial charge >= 0.3 is 12.4 Å². The second kappa shape index (κ2) is 7.76. The van der Waals surface area contributed by atoms with E-state index in [0.717, 1.165) is 24.3 Å². The minimum atomic E-state index is -5.10. The number of alkyl halides is 6. The zero-order valence-electron chi connectivity index (χ0n) is 16.2. The van der Waals surface area contributed by atoms with Crippen LogP contribution < -0.4 is 4.72 Å². The van der Waals surface area contributed by atoms with E-state index < -0.39 is 33.8 Å². The lowest BCUT2D eigenvalue weighted by molar-refractivity contribution is -0.143. The van der Waals surface area contributed by atoms with Crippen LogP contribution in [0.3, 0.4) is 0 Å². The van der Waals surface area contributed by atoms with Crippen molar-refractivity contribution >= 4 is 26.6 Å². The number of fused-ring (bicyclic) bond motifs is 1. The molecule has 0 amide bonds. The molecule has 0 aliphatic carbocycles. The second-order valence-corrected chi connectivity index (χ2v) is 8.46. The minimum absolute atomic E-state index is 0.0246. The monoisotopic (exact) mass is 486 g/mol. The summed E-state index contributed by atoms with van der Waals surface area (Å²) in [5.41, 5.74) is -3.47. The summed E-state index contributed by atoms with van der Waals surface area (Å²) in [4.78, 5) is 3.95. The van der Waals surface area contributed by atoms with Crippen molar-refractivity contribution in [3.8, 4) is 5.69 Å². The highest BCUT2D eigenvalue weighted by molar-refractivity contribution is 7.93. The molecule has 4 rings (SSSR count). The minimum Gasteiger partial charge on any atom is -0.280 e. The summed E-state index contributed by atoms with van der Waals surface area (Å²) in [5, 5.41) is 3.61. The molecule has 0 unspecified atom stereocenters. The number of nitrogens with zero attached hydrogens (tertiary/aromatic N) is 3. The second-order valence-electron chi connectivity index (χ2n) is 6.81. The fourth-order valence-corrected chi connectivity index (χ4v) is 4.33. The van der Waals surface area contributed by atoms with Gasteiger partial charge in [-0.25, -0.2) is 13.1 Å². The first-order valence-corrected chi connectivity index (χ1v) is 10.6. The van der Waals surface area contributed by atoms with E-state index in [1.165, 1.54) is 18.3 Å². The molecule has 0 saturated carbocycles. The van der Waals surface area contributed by atoms with Crippen LogP contribution in [0, 0.1) is 0 Å². The molecule has 0 aliphatic heterocycles. The molecule has 0 atom stereocenters. The van der Waals surface area contributed by atoms with Crippen LogP contribution in [0.15, 0.2) is 71.8 Å². The first-order valence-electron chi connectivity index (χ1n) is 9.08. The molecule has 33 heavy (non-hydrogen) atoms. The molecule has 4 aromatic rings. The molecule has 2 aromatic carbocycles. The number of rotatable bonds is 4. The summed E-state index contributed by atoms with van der Waals surface area (Å²) < 4.78 is 106. The van der Waals surface area contributed by atoms with Crippen LogP contribution in [0.4, 0.5) is 32.0 Å². The Bertz CT molecular complexity index is 1420. The molecule has 0 radical (unpaired) electrons. The summed E-state index contributed by atoms with van der Waals surface area (Å²) in [6.07, 6.45) is -8.75. The third-order valence-electron chi connectivity index (χ3n) is 4.54. The number of benzene rings is 2. The van der Waals surface area contributed by atoms with Gasteiger partial charge in [-0.15, -0.1) is 0 Å². The van der Waals surface area contributed by atoms with Gasteiger partial charge < -0.3 is 0 Å². The van der Waals surface area contributed by atoms with Crippen molar-refractivity contribution in [2.75, 3.05) is 4.72 Å². The summed E-state index contributed by atoms with van der Waals surface area (Å²) in [6, 6.07) is 12.0. The van der Waals surface area contributed by atoms with Crippen LogP contribution >= 0.6 is 0 Å². The standard InChI is InChI=1S/C20H12F6N4O2S/c21-19(22,23)16-11-17(20(24,25)26)30(28-16)14-8-6-13(7-9-14)29-33(31,32)15-5-1-3-12-4-2-10-27-18(12)15/h1-11,29H. The lowest BCUT2D eigenvalue weighted by Gasteiger charge is -2.12. The first-order chi connectivity index (χ1) is 15.4. The number of halogens is 6. The van der Waals surface area contributed by atoms with Crippen molar-refractivity contribution < 1.29 is 34.8 Å². The van der Waals surface area contributed by atoms with E-state index in [-0.39, 0.29) is 32.5 Å². The van der Waals surface area contributed by atoms with Crippen LogP contribution in [-0.4, -0.2) is 23.2 Å². The highest BCUT2D eigenvalue weighted by atomic mass is 32.2. The predicted molar refractivity (Wildman–Crippen MR) is 106 cm³/mol. The number of nitrogens with one attached hydrogen (secondary N) is 1. The molecule has 2 heterocycles. The van der Waals surface area contributed by atoms with Crippen LogP contribution in [0.25, 0.3) is 16.6 Å². The Morgan fingerprint density at radius 1 is 0.848 bits per heavy atom. The van der Waals surface area contributed by atoms with E-state index >= 15 is 0 Å². The van der Waals surface area contributed by atoms with Gasteiger partial charge in [0.1, 0.15) is 10.6 Å². The van der Waals surface area contributed by atoms with Gasteiger partial charge in [-0.2, -0.15) is 31.4 Å². The number of aromatic nitrogens is 3. The van der Waals surface area contributed by atoms with Crippen LogP contribution in [-0.2, 0) is 22.4 Å². The number of hydrogen-bond donors (Lipinski definition) is 1. The van der Waals surface area contributed by atoms with Gasteiger partial charge in [0.2, 0.25) is 0 Å². The summed E-state index contributed by atoms with van der Waals surface area (Å²) in [6.45, 7) is 0. The molecule has 0 saturated heterocycles. The Morgan fingerprint density at radius 2 is 1.52 bits per heavy atom. The third-order valence-corrected chi connectivity index (χ3v) is 5.95. The molecule has 2 aromatic heterocycles. The normalized spacial score (nSPS) is 12.8. The molecule has 0 bridgehead atoms. The van der Waals surface area contributed by atoms with Crippen LogP contribution in [0.1, 0.15) is 11.4 Å². The molecule has 1 N–H and O–H groups in total. The van der Waals surface area contributed by atoms with Crippen molar-refractivity contribution in [3.05, 3.63) is 78.2 Å². The zero-order chi connectivity index (χ0) is 24.0. The fourth-order valence-electron chi connectivity index (χ4n) is 3.09. The van der Waals surface area contributed by atoms with Gasteiger partial charge in [-0.1, -0.05) is 18.2 Å². The fraction of sp³-hybridized carbons (Fsp3) is 0.100. The Morgan fingerprint density at radius 3 is 2.15 bits per heavy atom. The van der Waals surface area contributed by atoms with E-state index in [2.05, 4.69) is 14.8 Å². The molecule has 13 heteroatoms. The molecular formula is C20H12F6N4O2S. The predicted octanol–water partition coefficient (Wildman–Crippen LogP) is 5.26. The molecule has 6 nitrogen and oxygen atoms in total. The molecule has 0 fully saturated rings. The average Bonchev–Trinajstić information content (AvgIpc) is 3.20. The molecule has 0 spiro atoms. The van der Waals surface area contributed by atoms with Crippen molar-refractivity contribution in [2.45, 2.75) is 17.2 Å². The maximum Gasteiger partial charge on any atom is 0.435 e. The molecular weight excluding hydrogens is 474 g/mol. The Balaban J connectivity index is 1.68. The van der Waals surface area contributed by atoms with Crippen LogP contribution in [0.5, 0.6) is 0 Å². The van der Waals surface area contributed by atoms with Crippen molar-refractivity contribution in [2.24, 2.45) is 0 Å². The maximum atomic E-state index is 13.2.